The maximum Gasteiger partial charge on any atom is 0.0327 e. The minimum atomic E-state index is 0.475. The van der Waals surface area contributed by atoms with E-state index < -0.39 is 0 Å². The van der Waals surface area contributed by atoms with Crippen molar-refractivity contribution in [1.29, 1.82) is 0 Å². The number of hydrogen-bond acceptors (Lipinski definition) is 2. The lowest BCUT2D eigenvalue weighted by molar-refractivity contribution is 0.0576. The first-order valence-electron chi connectivity index (χ1n) is 8.72. The van der Waals surface area contributed by atoms with E-state index >= 15 is 0 Å². The van der Waals surface area contributed by atoms with Crippen LogP contribution in [0.15, 0.2) is 0 Å². The average molecular weight is 280 g/mol. The molecule has 0 aromatic rings. The Bertz CT molecular complexity index is 291. The Morgan fingerprint density at radius 2 is 1.65 bits per heavy atom. The number of likely N-dealkylation sites (N-methyl/N-ethyl adjacent to an activating group) is 1. The highest BCUT2D eigenvalue weighted by molar-refractivity contribution is 4.97. The van der Waals surface area contributed by atoms with Crippen molar-refractivity contribution in [2.75, 3.05) is 27.2 Å². The lowest BCUT2D eigenvalue weighted by Gasteiger charge is -2.48. The van der Waals surface area contributed by atoms with Gasteiger partial charge in [-0.1, -0.05) is 20.8 Å². The first kappa shape index (κ1) is 16.3. The van der Waals surface area contributed by atoms with E-state index in [1.807, 2.05) is 0 Å². The molecule has 2 rings (SSSR count). The summed E-state index contributed by atoms with van der Waals surface area (Å²) in [5.74, 6) is 1.87. The molecule has 0 bridgehead atoms. The molecule has 0 radical (unpaired) electrons. The monoisotopic (exact) mass is 280 g/mol. The Morgan fingerprint density at radius 3 is 2.05 bits per heavy atom. The van der Waals surface area contributed by atoms with Crippen LogP contribution in [0.25, 0.3) is 0 Å². The maximum absolute atomic E-state index is 3.79. The minimum Gasteiger partial charge on any atom is -0.315 e. The lowest BCUT2D eigenvalue weighted by Crippen LogP contribution is -2.56. The quantitative estimate of drug-likeness (QED) is 0.821. The topological polar surface area (TPSA) is 15.3 Å². The summed E-state index contributed by atoms with van der Waals surface area (Å²) < 4.78 is 0. The predicted octanol–water partition coefficient (Wildman–Crippen LogP) is 3.91. The molecule has 2 heteroatoms. The molecule has 2 aliphatic carbocycles. The van der Waals surface area contributed by atoms with Gasteiger partial charge in [-0.15, -0.1) is 0 Å². The van der Waals surface area contributed by atoms with Gasteiger partial charge in [0.25, 0.3) is 0 Å². The Labute approximate surface area is 126 Å². The minimum absolute atomic E-state index is 0.475. The van der Waals surface area contributed by atoms with Crippen molar-refractivity contribution < 1.29 is 0 Å². The summed E-state index contributed by atoms with van der Waals surface area (Å²) in [6, 6.07) is 0. The highest BCUT2D eigenvalue weighted by Gasteiger charge is 2.38. The van der Waals surface area contributed by atoms with Crippen molar-refractivity contribution in [2.45, 2.75) is 71.3 Å². The summed E-state index contributed by atoms with van der Waals surface area (Å²) in [6.07, 6.45) is 9.92. The van der Waals surface area contributed by atoms with Crippen LogP contribution in [0, 0.1) is 17.3 Å². The zero-order chi connectivity index (χ0) is 14.8. The van der Waals surface area contributed by atoms with E-state index in [-0.39, 0.29) is 0 Å². The van der Waals surface area contributed by atoms with Gasteiger partial charge in [0, 0.05) is 12.1 Å². The van der Waals surface area contributed by atoms with Crippen LogP contribution >= 0.6 is 0 Å². The van der Waals surface area contributed by atoms with Crippen LogP contribution < -0.4 is 5.32 Å². The third-order valence-electron chi connectivity index (χ3n) is 6.19. The van der Waals surface area contributed by atoms with Crippen molar-refractivity contribution in [3.05, 3.63) is 0 Å². The first-order valence-corrected chi connectivity index (χ1v) is 8.72. The highest BCUT2D eigenvalue weighted by Crippen LogP contribution is 2.40. The first-order chi connectivity index (χ1) is 9.33. The van der Waals surface area contributed by atoms with Crippen LogP contribution in [-0.4, -0.2) is 37.6 Å². The van der Waals surface area contributed by atoms with Crippen molar-refractivity contribution in [3.8, 4) is 0 Å². The summed E-state index contributed by atoms with van der Waals surface area (Å²) in [5, 5.41) is 3.79. The lowest BCUT2D eigenvalue weighted by atomic mass is 9.70. The number of rotatable bonds is 5. The molecule has 0 atom stereocenters. The molecule has 118 valence electrons. The Morgan fingerprint density at radius 1 is 1.05 bits per heavy atom. The smallest absolute Gasteiger partial charge is 0.0327 e. The van der Waals surface area contributed by atoms with Gasteiger partial charge >= 0.3 is 0 Å². The van der Waals surface area contributed by atoms with E-state index in [1.165, 1.54) is 58.0 Å². The molecule has 20 heavy (non-hydrogen) atoms. The molecule has 0 aromatic heterocycles. The van der Waals surface area contributed by atoms with Crippen molar-refractivity contribution in [1.82, 2.24) is 10.2 Å². The summed E-state index contributed by atoms with van der Waals surface area (Å²) in [4.78, 5) is 2.44. The van der Waals surface area contributed by atoms with Crippen LogP contribution in [0.3, 0.4) is 0 Å². The van der Waals surface area contributed by atoms with Gasteiger partial charge in [0.1, 0.15) is 0 Å². The van der Waals surface area contributed by atoms with Crippen LogP contribution in [0.2, 0.25) is 0 Å². The molecule has 0 unspecified atom stereocenters. The Balaban J connectivity index is 1.67. The second-order valence-electron chi connectivity index (χ2n) is 8.69. The second-order valence-corrected chi connectivity index (χ2v) is 8.69. The fraction of sp³-hybridized carbons (Fsp3) is 1.00. The van der Waals surface area contributed by atoms with Crippen LogP contribution in [-0.2, 0) is 0 Å². The normalized spacial score (nSPS) is 30.3. The fourth-order valence-electron chi connectivity index (χ4n) is 4.11. The number of nitrogens with zero attached hydrogens (tertiary/aromatic N) is 1. The molecule has 1 N–H and O–H groups in total. The third kappa shape index (κ3) is 3.76. The van der Waals surface area contributed by atoms with Gasteiger partial charge in [-0.25, -0.2) is 0 Å². The van der Waals surface area contributed by atoms with E-state index in [4.69, 9.17) is 0 Å². The summed E-state index contributed by atoms with van der Waals surface area (Å²) >= 11 is 0. The van der Waals surface area contributed by atoms with Gasteiger partial charge in [0.15, 0.2) is 0 Å². The molecule has 0 aliphatic heterocycles. The van der Waals surface area contributed by atoms with Crippen molar-refractivity contribution in [2.24, 2.45) is 17.3 Å². The molecule has 0 amide bonds. The molecular weight excluding hydrogens is 244 g/mol. The van der Waals surface area contributed by atoms with E-state index in [9.17, 15) is 0 Å². The Kier molecular flexibility index (Phi) is 5.18. The maximum atomic E-state index is 3.79. The van der Waals surface area contributed by atoms with Gasteiger partial charge in [0.2, 0.25) is 0 Å². The zero-order valence-electron chi connectivity index (χ0n) is 14.5. The molecule has 0 heterocycles. The molecule has 0 saturated heterocycles. The SMILES string of the molecule is CN(C)C1(CNCC2CCC(C(C)(C)C)CC2)CCC1. The van der Waals surface area contributed by atoms with Crippen molar-refractivity contribution >= 4 is 0 Å². The molecule has 2 fully saturated rings. The third-order valence-corrected chi connectivity index (χ3v) is 6.19. The second kappa shape index (κ2) is 6.36. The van der Waals surface area contributed by atoms with E-state index in [0.717, 1.165) is 11.8 Å². The summed E-state index contributed by atoms with van der Waals surface area (Å²) in [5.41, 5.74) is 0.988. The van der Waals surface area contributed by atoms with Gasteiger partial charge in [0.05, 0.1) is 0 Å². The number of hydrogen-bond donors (Lipinski definition) is 1. The van der Waals surface area contributed by atoms with E-state index in [2.05, 4.69) is 45.1 Å². The van der Waals surface area contributed by atoms with Gasteiger partial charge in [-0.2, -0.15) is 0 Å². The average Bonchev–Trinajstić information content (AvgIpc) is 2.31. The predicted molar refractivity (Wildman–Crippen MR) is 88.0 cm³/mol. The summed E-state index contributed by atoms with van der Waals surface area (Å²) in [6.45, 7) is 9.67. The Hall–Kier alpha value is -0.0800. The van der Waals surface area contributed by atoms with Crippen LogP contribution in [0.4, 0.5) is 0 Å². The largest absolute Gasteiger partial charge is 0.315 e. The standard InChI is InChI=1S/C18H36N2/c1-17(2,3)16-9-7-15(8-10-16)13-19-14-18(20(4)5)11-6-12-18/h15-16,19H,6-14H2,1-5H3. The zero-order valence-corrected chi connectivity index (χ0v) is 14.5. The molecule has 0 aromatic carbocycles. The van der Waals surface area contributed by atoms with E-state index in [1.54, 1.807) is 0 Å². The molecule has 2 nitrogen and oxygen atoms in total. The molecule has 2 saturated carbocycles. The van der Waals surface area contributed by atoms with Gasteiger partial charge in [-0.05, 0) is 82.8 Å². The van der Waals surface area contributed by atoms with Crippen LogP contribution in [0.5, 0.6) is 0 Å². The van der Waals surface area contributed by atoms with Gasteiger partial charge < -0.3 is 10.2 Å². The highest BCUT2D eigenvalue weighted by atomic mass is 15.2. The molecule has 2 aliphatic rings. The van der Waals surface area contributed by atoms with Crippen molar-refractivity contribution in [3.63, 3.8) is 0 Å². The van der Waals surface area contributed by atoms with Gasteiger partial charge in [-0.3, -0.25) is 0 Å². The molecule has 0 spiro atoms. The summed E-state index contributed by atoms with van der Waals surface area (Å²) in [7, 11) is 4.49. The number of nitrogens with one attached hydrogen (secondary N) is 1. The van der Waals surface area contributed by atoms with E-state index in [0.29, 0.717) is 11.0 Å². The van der Waals surface area contributed by atoms with Crippen LogP contribution in [0.1, 0.15) is 65.7 Å². The fourth-order valence-corrected chi connectivity index (χ4v) is 4.11. The molecular formula is C18H36N2.